The quantitative estimate of drug-likeness (QED) is 0.156. The maximum absolute atomic E-state index is 7.12. The van der Waals surface area contributed by atoms with Gasteiger partial charge in [-0.25, -0.2) is 4.98 Å². The zero-order chi connectivity index (χ0) is 42.6. The van der Waals surface area contributed by atoms with Crippen LogP contribution < -0.4 is 21.0 Å². The zero-order valence-corrected chi connectivity index (χ0v) is 36.6. The summed E-state index contributed by atoms with van der Waals surface area (Å²) in [5, 5.41) is 13.6. The summed E-state index contributed by atoms with van der Waals surface area (Å²) in [6.07, 6.45) is 5.85. The van der Waals surface area contributed by atoms with Gasteiger partial charge in [0.05, 0.1) is 31.9 Å². The monoisotopic (exact) mass is 865 g/mol. The van der Waals surface area contributed by atoms with Crippen LogP contribution in [0.3, 0.4) is 0 Å². The van der Waals surface area contributed by atoms with E-state index in [9.17, 15) is 0 Å². The molecular formula is C57H35N5OSSi. The Morgan fingerprint density at radius 2 is 0.954 bits per heavy atom. The Labute approximate surface area is 376 Å². The van der Waals surface area contributed by atoms with Crippen molar-refractivity contribution < 1.29 is 4.42 Å². The van der Waals surface area contributed by atoms with Gasteiger partial charge in [-0.05, 0) is 89.2 Å². The van der Waals surface area contributed by atoms with Crippen LogP contribution >= 0.6 is 11.3 Å². The van der Waals surface area contributed by atoms with E-state index in [1.165, 1.54) is 53.0 Å². The first-order valence-electron chi connectivity index (χ1n) is 21.8. The zero-order valence-electron chi connectivity index (χ0n) is 34.8. The molecule has 0 aliphatic rings. The summed E-state index contributed by atoms with van der Waals surface area (Å²) in [6.45, 7) is 0. The first kappa shape index (κ1) is 36.3. The topological polar surface area (TPSA) is 61.7 Å². The van der Waals surface area contributed by atoms with Crippen molar-refractivity contribution in [2.24, 2.45) is 0 Å². The van der Waals surface area contributed by atoms with Crippen LogP contribution in [0.25, 0.3) is 97.2 Å². The average Bonchev–Trinajstić information content (AvgIpc) is 4.13. The molecule has 0 amide bonds. The van der Waals surface area contributed by atoms with Gasteiger partial charge in [0, 0.05) is 77.8 Å². The van der Waals surface area contributed by atoms with Crippen LogP contribution in [0.1, 0.15) is 0 Å². The molecule has 65 heavy (non-hydrogen) atoms. The Balaban J connectivity index is 1.04. The second-order valence-corrected chi connectivity index (χ2v) is 21.4. The minimum Gasteiger partial charge on any atom is -0.455 e. The number of aromatic nitrogens is 5. The lowest BCUT2D eigenvalue weighted by atomic mass is 10.1. The van der Waals surface area contributed by atoms with E-state index in [0.29, 0.717) is 0 Å². The van der Waals surface area contributed by atoms with Gasteiger partial charge >= 0.3 is 0 Å². The van der Waals surface area contributed by atoms with Gasteiger partial charge < -0.3 is 8.98 Å². The van der Waals surface area contributed by atoms with Crippen molar-refractivity contribution in [3.63, 3.8) is 0 Å². The molecule has 6 nitrogen and oxygen atoms in total. The summed E-state index contributed by atoms with van der Waals surface area (Å²) in [7, 11) is -3.36. The standard InChI is InChI=1S/C57H35N5OSSi/c1-3-14-38(15-4-1)65(39-16-5-2-6-17-39,56-53-43(29-32-59-56)46-34-37(25-27-51(46)63-53)62-50-24-12-9-20-42(50)45-21-13-31-58-55(45)62)57-54-44(30-33-60-57)47-35-36(26-28-52(47)64-54)61-48-22-10-7-18-40(48)41-19-8-11-23-49(41)61/h1-35H. The lowest BCUT2D eigenvalue weighted by Gasteiger charge is -2.32. The van der Waals surface area contributed by atoms with E-state index >= 15 is 0 Å². The van der Waals surface area contributed by atoms with Crippen molar-refractivity contribution in [2.75, 3.05) is 0 Å². The first-order chi connectivity index (χ1) is 32.3. The molecule has 8 heteroatoms. The molecule has 7 heterocycles. The normalized spacial score (nSPS) is 12.3. The number of hydrogen-bond donors (Lipinski definition) is 0. The molecule has 0 aliphatic carbocycles. The summed E-state index contributed by atoms with van der Waals surface area (Å²) in [4.78, 5) is 15.8. The van der Waals surface area contributed by atoms with Gasteiger partial charge in [0.15, 0.2) is 5.58 Å². The number of furan rings is 1. The number of thiophene rings is 1. The number of fused-ring (bicyclic) bond motifs is 12. The molecule has 7 aromatic carbocycles. The van der Waals surface area contributed by atoms with E-state index in [1.54, 1.807) is 0 Å². The Hall–Kier alpha value is -8.17. The lowest BCUT2D eigenvalue weighted by molar-refractivity contribution is 0.670. The van der Waals surface area contributed by atoms with Gasteiger partial charge in [-0.2, -0.15) is 0 Å². The van der Waals surface area contributed by atoms with Crippen LogP contribution in [-0.2, 0) is 0 Å². The first-order valence-corrected chi connectivity index (χ1v) is 24.6. The predicted octanol–water partition coefficient (Wildman–Crippen LogP) is 11.7. The fraction of sp³-hybridized carbons (Fsp3) is 0. The van der Waals surface area contributed by atoms with Gasteiger partial charge in [-0.1, -0.05) is 115 Å². The SMILES string of the molecule is c1ccc([Si](c2ccccc2)(c2nccc3c2oc2ccc(-n4c5ccccc5c5cccnc54)cc23)c2nccc3c2sc2ccc(-n4c5ccccc5c5ccccc54)cc23)cc1. The van der Waals surface area contributed by atoms with Gasteiger partial charge in [0.25, 0.3) is 0 Å². The third-order valence-corrected chi connectivity index (χ3v) is 19.3. The van der Waals surface area contributed by atoms with E-state index < -0.39 is 8.07 Å². The van der Waals surface area contributed by atoms with Crippen LogP contribution in [0.4, 0.5) is 0 Å². The number of pyridine rings is 3. The fourth-order valence-corrected chi connectivity index (χ4v) is 16.9. The average molecular weight is 866 g/mol. The molecule has 0 atom stereocenters. The third kappa shape index (κ3) is 5.12. The summed E-state index contributed by atoms with van der Waals surface area (Å²) in [5.41, 5.74) is 8.17. The predicted molar refractivity (Wildman–Crippen MR) is 272 cm³/mol. The second kappa shape index (κ2) is 13.9. The number of benzene rings is 7. The molecular weight excluding hydrogens is 831 g/mol. The molecule has 304 valence electrons. The Kier molecular flexibility index (Phi) is 7.77. The molecule has 0 fully saturated rings. The number of rotatable bonds is 6. The molecule has 0 aliphatic heterocycles. The molecule has 0 spiro atoms. The van der Waals surface area contributed by atoms with Gasteiger partial charge in [0.2, 0.25) is 8.07 Å². The fourth-order valence-electron chi connectivity index (χ4n) is 10.7. The van der Waals surface area contributed by atoms with Crippen molar-refractivity contribution >= 4 is 126 Å². The molecule has 14 rings (SSSR count). The van der Waals surface area contributed by atoms with E-state index in [0.717, 1.165) is 65.2 Å². The van der Waals surface area contributed by atoms with E-state index in [1.807, 2.05) is 36.0 Å². The number of para-hydroxylation sites is 3. The molecule has 7 aromatic heterocycles. The van der Waals surface area contributed by atoms with Crippen LogP contribution in [-0.4, -0.2) is 32.2 Å². The second-order valence-electron chi connectivity index (χ2n) is 16.7. The highest BCUT2D eigenvalue weighted by molar-refractivity contribution is 7.30. The van der Waals surface area contributed by atoms with E-state index in [2.05, 4.69) is 197 Å². The maximum Gasteiger partial charge on any atom is 0.230 e. The minimum atomic E-state index is -3.36. The highest BCUT2D eigenvalue weighted by atomic mass is 32.1. The lowest BCUT2D eigenvalue weighted by Crippen LogP contribution is -2.76. The van der Waals surface area contributed by atoms with Crippen LogP contribution in [0.15, 0.2) is 217 Å². The van der Waals surface area contributed by atoms with Crippen molar-refractivity contribution in [3.05, 3.63) is 213 Å². The summed E-state index contributed by atoms with van der Waals surface area (Å²) < 4.78 is 14.2. The maximum atomic E-state index is 7.12. The molecule has 0 saturated heterocycles. The molecule has 0 radical (unpaired) electrons. The van der Waals surface area contributed by atoms with Gasteiger partial charge in [-0.15, -0.1) is 11.3 Å². The molecule has 0 saturated carbocycles. The van der Waals surface area contributed by atoms with E-state index in [-0.39, 0.29) is 0 Å². The molecule has 0 N–H and O–H groups in total. The smallest absolute Gasteiger partial charge is 0.230 e. The van der Waals surface area contributed by atoms with Crippen molar-refractivity contribution in [2.45, 2.75) is 0 Å². The number of nitrogens with zero attached hydrogens (tertiary/aromatic N) is 5. The van der Waals surface area contributed by atoms with Crippen LogP contribution in [0, 0.1) is 0 Å². The largest absolute Gasteiger partial charge is 0.455 e. The third-order valence-electron chi connectivity index (χ3n) is 13.4. The highest BCUT2D eigenvalue weighted by Gasteiger charge is 2.48. The van der Waals surface area contributed by atoms with Crippen molar-refractivity contribution in [1.82, 2.24) is 24.1 Å². The van der Waals surface area contributed by atoms with Crippen LogP contribution in [0.2, 0.25) is 0 Å². The molecule has 0 bridgehead atoms. The Bertz CT molecular complexity index is 3830. The highest BCUT2D eigenvalue weighted by Crippen LogP contribution is 2.39. The van der Waals surface area contributed by atoms with Crippen LogP contribution in [0.5, 0.6) is 0 Å². The summed E-state index contributed by atoms with van der Waals surface area (Å²) in [6, 6.07) is 69.7. The van der Waals surface area contributed by atoms with Gasteiger partial charge in [-0.3, -0.25) is 14.5 Å². The summed E-state index contributed by atoms with van der Waals surface area (Å²) in [5.74, 6) is 0. The molecule has 0 unspecified atom stereocenters. The van der Waals surface area contributed by atoms with Crippen molar-refractivity contribution in [3.8, 4) is 11.4 Å². The molecule has 14 aromatic rings. The van der Waals surface area contributed by atoms with E-state index in [4.69, 9.17) is 19.4 Å². The van der Waals surface area contributed by atoms with Gasteiger partial charge in [0.1, 0.15) is 11.2 Å². The van der Waals surface area contributed by atoms with Crippen molar-refractivity contribution in [1.29, 1.82) is 0 Å². The Morgan fingerprint density at radius 1 is 0.400 bits per heavy atom. The number of hydrogen-bond acceptors (Lipinski definition) is 5. The summed E-state index contributed by atoms with van der Waals surface area (Å²) >= 11 is 1.82. The Morgan fingerprint density at radius 3 is 1.66 bits per heavy atom. The minimum absolute atomic E-state index is 0.785.